The van der Waals surface area contributed by atoms with Crippen molar-refractivity contribution in [2.75, 3.05) is 7.11 Å². The molecule has 0 aliphatic rings. The zero-order valence-corrected chi connectivity index (χ0v) is 9.20. The molecule has 1 heterocycles. The van der Waals surface area contributed by atoms with Gasteiger partial charge in [0, 0.05) is 12.1 Å². The molecule has 1 amide bonds. The van der Waals surface area contributed by atoms with Crippen LogP contribution in [0.1, 0.15) is 21.9 Å². The fourth-order valence-corrected chi connectivity index (χ4v) is 1.15. The maximum atomic E-state index is 11.2. The summed E-state index contributed by atoms with van der Waals surface area (Å²) in [6.07, 6.45) is 1.18. The monoisotopic (exact) mass is 223 g/mol. The number of nitrogens with one attached hydrogen (secondary N) is 1. The van der Waals surface area contributed by atoms with Crippen LogP contribution in [0, 0.1) is 6.92 Å². The predicted molar refractivity (Wildman–Crippen MR) is 56.8 cm³/mol. The Morgan fingerprint density at radius 1 is 1.62 bits per heavy atom. The van der Waals surface area contributed by atoms with Crippen LogP contribution in [0.5, 0.6) is 0 Å². The van der Waals surface area contributed by atoms with E-state index in [1.54, 1.807) is 13.0 Å². The van der Waals surface area contributed by atoms with E-state index in [0.29, 0.717) is 5.76 Å². The number of ether oxygens (including phenoxy) is 1. The Hall–Kier alpha value is -2.04. The third-order valence-electron chi connectivity index (χ3n) is 2.05. The zero-order chi connectivity index (χ0) is 12.1. The van der Waals surface area contributed by atoms with Gasteiger partial charge in [0.05, 0.1) is 7.11 Å². The van der Waals surface area contributed by atoms with Crippen LogP contribution >= 0.6 is 0 Å². The van der Waals surface area contributed by atoms with Crippen LogP contribution in [0.15, 0.2) is 23.1 Å². The van der Waals surface area contributed by atoms with Crippen LogP contribution in [0.4, 0.5) is 0 Å². The first-order valence-electron chi connectivity index (χ1n) is 4.66. The van der Waals surface area contributed by atoms with Gasteiger partial charge in [-0.25, -0.2) is 4.79 Å². The second-order valence-electron chi connectivity index (χ2n) is 3.11. The van der Waals surface area contributed by atoms with Crippen molar-refractivity contribution in [3.05, 3.63) is 35.8 Å². The van der Waals surface area contributed by atoms with Crippen molar-refractivity contribution in [2.45, 2.75) is 13.5 Å². The molecule has 0 atom stereocenters. The van der Waals surface area contributed by atoms with Crippen LogP contribution < -0.4 is 5.32 Å². The number of hydrogen-bond acceptors (Lipinski definition) is 4. The van der Waals surface area contributed by atoms with Crippen LogP contribution in [0.2, 0.25) is 0 Å². The highest BCUT2D eigenvalue weighted by molar-refractivity contribution is 5.87. The van der Waals surface area contributed by atoms with Gasteiger partial charge in [-0.15, -0.1) is 0 Å². The van der Waals surface area contributed by atoms with Gasteiger partial charge in [0.15, 0.2) is 0 Å². The fraction of sp³-hybridized carbons (Fsp3) is 0.273. The molecule has 0 fully saturated rings. The Balaban J connectivity index is 2.74. The van der Waals surface area contributed by atoms with E-state index in [1.165, 1.54) is 13.2 Å². The van der Waals surface area contributed by atoms with Gasteiger partial charge in [-0.1, -0.05) is 6.58 Å². The largest absolute Gasteiger partial charge is 0.463 e. The van der Waals surface area contributed by atoms with Gasteiger partial charge in [-0.3, -0.25) is 4.79 Å². The number of carbonyl (C=O) groups excluding carboxylic acids is 2. The summed E-state index contributed by atoms with van der Waals surface area (Å²) >= 11 is 0. The molecule has 1 rings (SSSR count). The van der Waals surface area contributed by atoms with Crippen LogP contribution in [0.25, 0.3) is 0 Å². The summed E-state index contributed by atoms with van der Waals surface area (Å²) < 4.78 is 9.70. The molecular formula is C11H13NO4. The lowest BCUT2D eigenvalue weighted by atomic mass is 10.2. The van der Waals surface area contributed by atoms with Crippen LogP contribution in [-0.4, -0.2) is 19.0 Å². The number of methoxy groups -OCH3 is 1. The first-order valence-corrected chi connectivity index (χ1v) is 4.66. The summed E-state index contributed by atoms with van der Waals surface area (Å²) in [6.45, 7) is 5.33. The quantitative estimate of drug-likeness (QED) is 0.614. The van der Waals surface area contributed by atoms with Crippen molar-refractivity contribution in [3.8, 4) is 0 Å². The molecule has 0 saturated heterocycles. The first kappa shape index (κ1) is 12.0. The van der Waals surface area contributed by atoms with E-state index in [2.05, 4.69) is 16.6 Å². The van der Waals surface area contributed by atoms with Crippen molar-refractivity contribution in [1.82, 2.24) is 5.32 Å². The number of esters is 1. The summed E-state index contributed by atoms with van der Waals surface area (Å²) in [7, 11) is 1.28. The summed E-state index contributed by atoms with van der Waals surface area (Å²) in [4.78, 5) is 22.1. The maximum absolute atomic E-state index is 11.2. The molecule has 16 heavy (non-hydrogen) atoms. The third-order valence-corrected chi connectivity index (χ3v) is 2.05. The Bertz CT molecular complexity index is 420. The van der Waals surface area contributed by atoms with E-state index in [0.717, 1.165) is 5.56 Å². The molecule has 1 aromatic heterocycles. The molecule has 0 aromatic carbocycles. The van der Waals surface area contributed by atoms with Crippen molar-refractivity contribution < 1.29 is 18.7 Å². The number of carbonyl (C=O) groups is 2. The second kappa shape index (κ2) is 5.16. The summed E-state index contributed by atoms with van der Waals surface area (Å²) in [6, 6.07) is 1.55. The smallest absolute Gasteiger partial charge is 0.373 e. The maximum Gasteiger partial charge on any atom is 0.373 e. The van der Waals surface area contributed by atoms with Crippen molar-refractivity contribution in [2.24, 2.45) is 0 Å². The van der Waals surface area contributed by atoms with E-state index in [-0.39, 0.29) is 18.2 Å². The lowest BCUT2D eigenvalue weighted by molar-refractivity contribution is -0.116. The minimum atomic E-state index is -0.538. The SMILES string of the molecule is C=CC(=O)NCc1cc(C(=O)OC)oc1C. The van der Waals surface area contributed by atoms with E-state index in [9.17, 15) is 9.59 Å². The number of furan rings is 1. The molecule has 0 saturated carbocycles. The standard InChI is InChI=1S/C11H13NO4/c1-4-10(13)12-6-8-5-9(11(14)15-3)16-7(8)2/h4-5H,1,6H2,2-3H3,(H,12,13). The number of rotatable bonds is 4. The van der Waals surface area contributed by atoms with E-state index in [1.807, 2.05) is 0 Å². The van der Waals surface area contributed by atoms with Gasteiger partial charge in [0.2, 0.25) is 11.7 Å². The zero-order valence-electron chi connectivity index (χ0n) is 9.20. The molecule has 86 valence electrons. The molecule has 0 aliphatic heterocycles. The minimum absolute atomic E-state index is 0.128. The number of hydrogen-bond donors (Lipinski definition) is 1. The molecule has 1 N–H and O–H groups in total. The Labute approximate surface area is 93.1 Å². The molecule has 0 bridgehead atoms. The van der Waals surface area contributed by atoms with Crippen LogP contribution in [0.3, 0.4) is 0 Å². The normalized spacial score (nSPS) is 9.62. The first-order chi connectivity index (χ1) is 7.58. The van der Waals surface area contributed by atoms with Gasteiger partial charge in [-0.05, 0) is 19.1 Å². The molecule has 0 radical (unpaired) electrons. The summed E-state index contributed by atoms with van der Waals surface area (Å²) in [5.74, 6) is -0.114. The summed E-state index contributed by atoms with van der Waals surface area (Å²) in [5.41, 5.74) is 0.732. The molecule has 0 aliphatic carbocycles. The Kier molecular flexibility index (Phi) is 3.88. The Morgan fingerprint density at radius 2 is 2.31 bits per heavy atom. The van der Waals surface area contributed by atoms with E-state index < -0.39 is 5.97 Å². The lowest BCUT2D eigenvalue weighted by Crippen LogP contribution is -2.19. The number of amides is 1. The second-order valence-corrected chi connectivity index (χ2v) is 3.11. The lowest BCUT2D eigenvalue weighted by Gasteiger charge is -1.99. The van der Waals surface area contributed by atoms with Gasteiger partial charge in [-0.2, -0.15) is 0 Å². The van der Waals surface area contributed by atoms with Gasteiger partial charge in [0.1, 0.15) is 5.76 Å². The topological polar surface area (TPSA) is 68.5 Å². The fourth-order valence-electron chi connectivity index (χ4n) is 1.15. The van der Waals surface area contributed by atoms with Crippen molar-refractivity contribution in [1.29, 1.82) is 0 Å². The minimum Gasteiger partial charge on any atom is -0.463 e. The van der Waals surface area contributed by atoms with Gasteiger partial charge < -0.3 is 14.5 Å². The molecular weight excluding hydrogens is 210 g/mol. The molecule has 1 aromatic rings. The highest BCUT2D eigenvalue weighted by Gasteiger charge is 2.14. The van der Waals surface area contributed by atoms with Crippen molar-refractivity contribution >= 4 is 11.9 Å². The number of aryl methyl sites for hydroxylation is 1. The third kappa shape index (κ3) is 2.73. The van der Waals surface area contributed by atoms with Crippen molar-refractivity contribution in [3.63, 3.8) is 0 Å². The average molecular weight is 223 g/mol. The molecule has 0 spiro atoms. The van der Waals surface area contributed by atoms with Gasteiger partial charge in [0.25, 0.3) is 0 Å². The highest BCUT2D eigenvalue weighted by Crippen LogP contribution is 2.15. The van der Waals surface area contributed by atoms with E-state index in [4.69, 9.17) is 4.42 Å². The average Bonchev–Trinajstić information content (AvgIpc) is 2.66. The Morgan fingerprint density at radius 3 is 2.88 bits per heavy atom. The summed E-state index contributed by atoms with van der Waals surface area (Å²) in [5, 5.41) is 2.59. The highest BCUT2D eigenvalue weighted by atomic mass is 16.5. The molecule has 5 nitrogen and oxygen atoms in total. The van der Waals surface area contributed by atoms with E-state index >= 15 is 0 Å². The molecule has 5 heteroatoms. The molecule has 0 unspecified atom stereocenters. The van der Waals surface area contributed by atoms with Crippen LogP contribution in [-0.2, 0) is 16.1 Å². The van der Waals surface area contributed by atoms with Gasteiger partial charge >= 0.3 is 5.97 Å². The predicted octanol–water partition coefficient (Wildman–Crippen LogP) is 1.18.